The third-order valence-electron chi connectivity index (χ3n) is 4.49. The van der Waals surface area contributed by atoms with Crippen LogP contribution in [0.1, 0.15) is 43.1 Å². The molecule has 2 N–H and O–H groups in total. The van der Waals surface area contributed by atoms with E-state index >= 15 is 0 Å². The van der Waals surface area contributed by atoms with Crippen LogP contribution in [0.5, 0.6) is 0 Å². The molecule has 1 aliphatic carbocycles. The van der Waals surface area contributed by atoms with E-state index in [9.17, 15) is 4.79 Å². The zero-order valence-electron chi connectivity index (χ0n) is 11.9. The number of amides is 1. The summed E-state index contributed by atoms with van der Waals surface area (Å²) in [4.78, 5) is 14.3. The Morgan fingerprint density at radius 2 is 1.95 bits per heavy atom. The van der Waals surface area contributed by atoms with Crippen molar-refractivity contribution in [2.45, 2.75) is 38.1 Å². The van der Waals surface area contributed by atoms with E-state index in [4.69, 9.17) is 5.73 Å². The number of rotatable bonds is 1. The molecular formula is C16H22N2O. The fraction of sp³-hybridized carbons (Fsp3) is 0.562. The summed E-state index contributed by atoms with van der Waals surface area (Å²) < 4.78 is 0. The Morgan fingerprint density at radius 3 is 2.42 bits per heavy atom. The Labute approximate surface area is 114 Å². The zero-order valence-corrected chi connectivity index (χ0v) is 11.9. The lowest BCUT2D eigenvalue weighted by molar-refractivity contribution is 0.0772. The fourth-order valence-corrected chi connectivity index (χ4v) is 2.98. The number of fused-ring (bicyclic) bond motifs is 1. The van der Waals surface area contributed by atoms with E-state index in [1.54, 1.807) is 0 Å². The fourth-order valence-electron chi connectivity index (χ4n) is 2.98. The molecule has 1 heterocycles. The van der Waals surface area contributed by atoms with Crippen molar-refractivity contribution in [3.05, 3.63) is 35.4 Å². The van der Waals surface area contributed by atoms with Crippen LogP contribution in [0.3, 0.4) is 0 Å². The van der Waals surface area contributed by atoms with Gasteiger partial charge in [-0.1, -0.05) is 32.9 Å². The maximum absolute atomic E-state index is 12.4. The molecule has 1 aromatic rings. The van der Waals surface area contributed by atoms with Gasteiger partial charge < -0.3 is 10.6 Å². The first-order chi connectivity index (χ1) is 8.79. The largest absolute Gasteiger partial charge is 0.336 e. The monoisotopic (exact) mass is 258 g/mol. The summed E-state index contributed by atoms with van der Waals surface area (Å²) >= 11 is 0. The van der Waals surface area contributed by atoms with Gasteiger partial charge in [0.25, 0.3) is 5.91 Å². The molecule has 102 valence electrons. The highest BCUT2D eigenvalue weighted by atomic mass is 16.2. The predicted octanol–water partition coefficient (Wildman–Crippen LogP) is 2.16. The van der Waals surface area contributed by atoms with Crippen molar-refractivity contribution in [3.63, 3.8) is 0 Å². The van der Waals surface area contributed by atoms with Crippen molar-refractivity contribution in [3.8, 4) is 0 Å². The summed E-state index contributed by atoms with van der Waals surface area (Å²) in [6, 6.07) is 8.00. The van der Waals surface area contributed by atoms with Gasteiger partial charge in [0, 0.05) is 24.2 Å². The molecular weight excluding hydrogens is 236 g/mol. The lowest BCUT2D eigenvalue weighted by Crippen LogP contribution is -2.37. The SMILES string of the molecule is CC(C)(C)c1ccc(C(=O)N2C[C@@H]3C[C@]3(N)C2)cc1. The molecule has 2 atom stereocenters. The Hall–Kier alpha value is -1.35. The van der Waals surface area contributed by atoms with Crippen molar-refractivity contribution in [1.29, 1.82) is 0 Å². The molecule has 3 heteroatoms. The van der Waals surface area contributed by atoms with Crippen LogP contribution < -0.4 is 5.73 Å². The first kappa shape index (κ1) is 12.7. The summed E-state index contributed by atoms with van der Waals surface area (Å²) in [6.45, 7) is 8.08. The zero-order chi connectivity index (χ0) is 13.8. The van der Waals surface area contributed by atoms with Crippen LogP contribution >= 0.6 is 0 Å². The molecule has 2 fully saturated rings. The third-order valence-corrected chi connectivity index (χ3v) is 4.49. The average molecular weight is 258 g/mol. The molecule has 0 unspecified atom stereocenters. The molecule has 3 nitrogen and oxygen atoms in total. The quantitative estimate of drug-likeness (QED) is 0.839. The van der Waals surface area contributed by atoms with Crippen LogP contribution in [0.15, 0.2) is 24.3 Å². The number of carbonyl (C=O) groups is 1. The van der Waals surface area contributed by atoms with Gasteiger partial charge in [0.1, 0.15) is 0 Å². The van der Waals surface area contributed by atoms with Crippen LogP contribution in [0, 0.1) is 5.92 Å². The van der Waals surface area contributed by atoms with E-state index in [-0.39, 0.29) is 16.9 Å². The first-order valence-electron chi connectivity index (χ1n) is 6.98. The van der Waals surface area contributed by atoms with Crippen LogP contribution in [0.2, 0.25) is 0 Å². The standard InChI is InChI=1S/C16H22N2O/c1-15(2,3)12-6-4-11(5-7-12)14(19)18-9-13-8-16(13,17)10-18/h4-7,13H,8-10,17H2,1-3H3/t13-,16-/m0/s1. The van der Waals surface area contributed by atoms with Gasteiger partial charge in [0.2, 0.25) is 0 Å². The molecule has 0 spiro atoms. The summed E-state index contributed by atoms with van der Waals surface area (Å²) in [5.74, 6) is 0.655. The van der Waals surface area contributed by atoms with Crippen molar-refractivity contribution >= 4 is 5.91 Å². The van der Waals surface area contributed by atoms with Gasteiger partial charge >= 0.3 is 0 Å². The molecule has 0 radical (unpaired) electrons. The Bertz CT molecular complexity index is 515. The Morgan fingerprint density at radius 1 is 1.32 bits per heavy atom. The molecule has 0 aromatic heterocycles. The number of nitrogens with two attached hydrogens (primary N) is 1. The number of piperidine rings is 1. The molecule has 2 aliphatic rings. The number of hydrogen-bond donors (Lipinski definition) is 1. The van der Waals surface area contributed by atoms with Crippen LogP contribution in [-0.2, 0) is 5.41 Å². The highest BCUT2D eigenvalue weighted by molar-refractivity contribution is 5.94. The Balaban J connectivity index is 1.74. The molecule has 1 amide bonds. The number of hydrogen-bond acceptors (Lipinski definition) is 2. The maximum Gasteiger partial charge on any atom is 0.253 e. The minimum atomic E-state index is -0.0684. The molecule has 19 heavy (non-hydrogen) atoms. The van der Waals surface area contributed by atoms with Crippen LogP contribution in [0.25, 0.3) is 0 Å². The predicted molar refractivity (Wildman–Crippen MR) is 76.1 cm³/mol. The second kappa shape index (κ2) is 3.83. The van der Waals surface area contributed by atoms with Crippen molar-refractivity contribution in [2.75, 3.05) is 13.1 Å². The first-order valence-corrected chi connectivity index (χ1v) is 6.98. The van der Waals surface area contributed by atoms with Crippen molar-refractivity contribution < 1.29 is 4.79 Å². The molecule has 3 rings (SSSR count). The van der Waals surface area contributed by atoms with Gasteiger partial charge in [-0.2, -0.15) is 0 Å². The van der Waals surface area contributed by atoms with E-state index in [0.29, 0.717) is 5.92 Å². The molecule has 1 aromatic carbocycles. The third kappa shape index (κ3) is 2.16. The summed E-state index contributed by atoms with van der Waals surface area (Å²) in [6.07, 6.45) is 1.08. The van der Waals surface area contributed by atoms with Gasteiger partial charge in [-0.15, -0.1) is 0 Å². The minimum absolute atomic E-state index is 0.0684. The van der Waals surface area contributed by atoms with Gasteiger partial charge in [-0.3, -0.25) is 4.79 Å². The van der Waals surface area contributed by atoms with E-state index in [2.05, 4.69) is 32.9 Å². The van der Waals surface area contributed by atoms with E-state index in [0.717, 1.165) is 25.1 Å². The Kier molecular flexibility index (Phi) is 2.55. The van der Waals surface area contributed by atoms with E-state index in [1.165, 1.54) is 5.56 Å². The number of carbonyl (C=O) groups excluding carboxylic acids is 1. The molecule has 0 bridgehead atoms. The number of benzene rings is 1. The highest BCUT2D eigenvalue weighted by Gasteiger charge is 2.58. The number of nitrogens with zero attached hydrogens (tertiary/aromatic N) is 1. The normalized spacial score (nSPS) is 29.3. The summed E-state index contributed by atoms with van der Waals surface area (Å²) in [5.41, 5.74) is 8.23. The van der Waals surface area contributed by atoms with Gasteiger partial charge in [0.05, 0.1) is 0 Å². The van der Waals surface area contributed by atoms with Crippen LogP contribution in [0.4, 0.5) is 0 Å². The minimum Gasteiger partial charge on any atom is -0.336 e. The van der Waals surface area contributed by atoms with Crippen molar-refractivity contribution in [2.24, 2.45) is 11.7 Å². The maximum atomic E-state index is 12.4. The van der Waals surface area contributed by atoms with Crippen molar-refractivity contribution in [1.82, 2.24) is 4.90 Å². The van der Waals surface area contributed by atoms with E-state index < -0.39 is 0 Å². The topological polar surface area (TPSA) is 46.3 Å². The van der Waals surface area contributed by atoms with Gasteiger partial charge in [-0.05, 0) is 35.4 Å². The smallest absolute Gasteiger partial charge is 0.253 e. The molecule has 1 aliphatic heterocycles. The van der Waals surface area contributed by atoms with Crippen LogP contribution in [-0.4, -0.2) is 29.4 Å². The van der Waals surface area contributed by atoms with Gasteiger partial charge in [0.15, 0.2) is 0 Å². The molecule has 1 saturated carbocycles. The lowest BCUT2D eigenvalue weighted by atomic mass is 9.86. The lowest BCUT2D eigenvalue weighted by Gasteiger charge is -2.21. The summed E-state index contributed by atoms with van der Waals surface area (Å²) in [5, 5.41) is 0. The highest BCUT2D eigenvalue weighted by Crippen LogP contribution is 2.47. The average Bonchev–Trinajstić information content (AvgIpc) is 2.86. The van der Waals surface area contributed by atoms with E-state index in [1.807, 2.05) is 17.0 Å². The second-order valence-corrected chi connectivity index (χ2v) is 7.15. The second-order valence-electron chi connectivity index (χ2n) is 7.15. The number of likely N-dealkylation sites (tertiary alicyclic amines) is 1. The molecule has 1 saturated heterocycles. The van der Waals surface area contributed by atoms with Gasteiger partial charge in [-0.25, -0.2) is 0 Å². The summed E-state index contributed by atoms with van der Waals surface area (Å²) in [7, 11) is 0.